The van der Waals surface area contributed by atoms with Gasteiger partial charge in [0.25, 0.3) is 0 Å². The zero-order valence-electron chi connectivity index (χ0n) is 12.2. The van der Waals surface area contributed by atoms with E-state index in [2.05, 4.69) is 35.9 Å². The van der Waals surface area contributed by atoms with Gasteiger partial charge in [0.2, 0.25) is 11.8 Å². The Morgan fingerprint density at radius 1 is 1.00 bits per heavy atom. The zero-order valence-corrected chi connectivity index (χ0v) is 14.0. The van der Waals surface area contributed by atoms with Crippen molar-refractivity contribution < 1.29 is 19.5 Å². The highest BCUT2D eigenvalue weighted by Crippen LogP contribution is 2.02. The maximum Gasteiger partial charge on any atom is 0.326 e. The summed E-state index contributed by atoms with van der Waals surface area (Å²) in [6.07, 6.45) is 1.34. The molecule has 0 aromatic heterocycles. The van der Waals surface area contributed by atoms with E-state index in [1.165, 1.54) is 0 Å². The van der Waals surface area contributed by atoms with Gasteiger partial charge in [0.05, 0.1) is 12.1 Å². The molecular formula is C12H24N4O4S2. The topological polar surface area (TPSA) is 148 Å². The number of carboxylic acid groups (broad SMARTS) is 1. The fourth-order valence-electron chi connectivity index (χ4n) is 1.52. The van der Waals surface area contributed by atoms with Crippen molar-refractivity contribution in [1.82, 2.24) is 10.6 Å². The van der Waals surface area contributed by atoms with Crippen LogP contribution in [-0.2, 0) is 14.4 Å². The van der Waals surface area contributed by atoms with E-state index in [-0.39, 0.29) is 23.8 Å². The Bertz CT molecular complexity index is 384. The van der Waals surface area contributed by atoms with Gasteiger partial charge in [-0.1, -0.05) is 0 Å². The van der Waals surface area contributed by atoms with E-state index in [1.807, 2.05) is 0 Å². The van der Waals surface area contributed by atoms with E-state index in [4.69, 9.17) is 16.6 Å². The highest BCUT2D eigenvalue weighted by atomic mass is 32.1. The molecule has 0 aliphatic rings. The van der Waals surface area contributed by atoms with Gasteiger partial charge in [-0.3, -0.25) is 9.59 Å². The summed E-state index contributed by atoms with van der Waals surface area (Å²) in [4.78, 5) is 34.0. The van der Waals surface area contributed by atoms with Gasteiger partial charge in [-0.15, -0.1) is 0 Å². The second-order valence-corrected chi connectivity index (χ2v) is 5.49. The van der Waals surface area contributed by atoms with Crippen molar-refractivity contribution in [2.45, 2.75) is 37.4 Å². The lowest BCUT2D eigenvalue weighted by atomic mass is 10.1. The molecule has 7 N–H and O–H groups in total. The Balaban J connectivity index is 4.05. The van der Waals surface area contributed by atoms with E-state index >= 15 is 0 Å². The molecule has 0 saturated heterocycles. The maximum atomic E-state index is 11.5. The molecule has 2 amide bonds. The third-order valence-electron chi connectivity index (χ3n) is 2.90. The van der Waals surface area contributed by atoms with Crippen LogP contribution in [0.25, 0.3) is 0 Å². The summed E-state index contributed by atoms with van der Waals surface area (Å²) in [7, 11) is 0. The summed E-state index contributed by atoms with van der Waals surface area (Å²) in [6, 6.07) is -2.50. The number of carboxylic acids is 1. The minimum absolute atomic E-state index is 0.135. The largest absolute Gasteiger partial charge is 0.480 e. The molecule has 22 heavy (non-hydrogen) atoms. The lowest BCUT2D eigenvalue weighted by Crippen LogP contribution is -2.49. The van der Waals surface area contributed by atoms with Gasteiger partial charge in [-0.2, -0.15) is 25.3 Å². The van der Waals surface area contributed by atoms with Gasteiger partial charge in [0.1, 0.15) is 6.04 Å². The van der Waals surface area contributed by atoms with E-state index < -0.39 is 30.0 Å². The molecule has 0 fully saturated rings. The van der Waals surface area contributed by atoms with Gasteiger partial charge < -0.3 is 27.2 Å². The number of thiol groups is 2. The lowest BCUT2D eigenvalue weighted by Gasteiger charge is -2.17. The summed E-state index contributed by atoms with van der Waals surface area (Å²) < 4.78 is 0. The smallest absolute Gasteiger partial charge is 0.326 e. The van der Waals surface area contributed by atoms with Crippen molar-refractivity contribution in [2.24, 2.45) is 11.5 Å². The van der Waals surface area contributed by atoms with Crippen LogP contribution in [0.1, 0.15) is 19.3 Å². The van der Waals surface area contributed by atoms with Crippen molar-refractivity contribution >= 4 is 43.0 Å². The summed E-state index contributed by atoms with van der Waals surface area (Å²) in [5, 5.41) is 14.0. The fraction of sp³-hybridized carbons (Fsp3) is 0.750. The molecule has 0 bridgehead atoms. The molecular weight excluding hydrogens is 328 g/mol. The van der Waals surface area contributed by atoms with Crippen molar-refractivity contribution in [3.8, 4) is 0 Å². The van der Waals surface area contributed by atoms with Crippen LogP contribution in [0, 0.1) is 0 Å². The second-order valence-electron chi connectivity index (χ2n) is 4.76. The van der Waals surface area contributed by atoms with Crippen molar-refractivity contribution in [1.29, 1.82) is 0 Å². The maximum absolute atomic E-state index is 11.5. The molecule has 8 nitrogen and oxygen atoms in total. The van der Waals surface area contributed by atoms with Crippen LogP contribution in [0.15, 0.2) is 0 Å². The Morgan fingerprint density at radius 2 is 1.55 bits per heavy atom. The standard InChI is InChI=1S/C12H24N4O4S2/c13-7(5-21)10(17)15-4-2-1-3-9(12(19)20)16-11(18)8(14)6-22/h7-9,21-22H,1-6,13-14H2,(H,15,17)(H,16,18)(H,19,20). The van der Waals surface area contributed by atoms with Gasteiger partial charge in [0.15, 0.2) is 0 Å². The van der Waals surface area contributed by atoms with Crippen molar-refractivity contribution in [3.05, 3.63) is 0 Å². The molecule has 0 aliphatic heterocycles. The lowest BCUT2D eigenvalue weighted by molar-refractivity contribution is -0.142. The van der Waals surface area contributed by atoms with Crippen molar-refractivity contribution in [2.75, 3.05) is 18.1 Å². The molecule has 10 heteroatoms. The van der Waals surface area contributed by atoms with Crippen LogP contribution in [0.5, 0.6) is 0 Å². The number of amides is 2. The normalized spacial score (nSPS) is 14.7. The Kier molecular flexibility index (Phi) is 11.1. The first kappa shape index (κ1) is 21.0. The van der Waals surface area contributed by atoms with Crippen LogP contribution in [0.3, 0.4) is 0 Å². The number of hydrogen-bond acceptors (Lipinski definition) is 7. The average molecular weight is 352 g/mol. The van der Waals surface area contributed by atoms with E-state index in [9.17, 15) is 14.4 Å². The number of nitrogens with one attached hydrogen (secondary N) is 2. The molecule has 128 valence electrons. The molecule has 0 aromatic rings. The van der Waals surface area contributed by atoms with Crippen LogP contribution in [0.4, 0.5) is 0 Å². The predicted octanol–water partition coefficient (Wildman–Crippen LogP) is -1.64. The van der Waals surface area contributed by atoms with E-state index in [0.717, 1.165) is 0 Å². The Morgan fingerprint density at radius 3 is 2.05 bits per heavy atom. The number of aliphatic carboxylic acids is 1. The quantitative estimate of drug-likeness (QED) is 0.175. The third kappa shape index (κ3) is 8.47. The number of carbonyl (C=O) groups excluding carboxylic acids is 2. The van der Waals surface area contributed by atoms with Crippen molar-refractivity contribution in [3.63, 3.8) is 0 Å². The van der Waals surface area contributed by atoms with Crippen LogP contribution < -0.4 is 22.1 Å². The highest BCUT2D eigenvalue weighted by molar-refractivity contribution is 7.80. The van der Waals surface area contributed by atoms with Gasteiger partial charge in [0, 0.05) is 18.1 Å². The number of rotatable bonds is 11. The molecule has 0 rings (SSSR count). The second kappa shape index (κ2) is 11.6. The van der Waals surface area contributed by atoms with Crippen LogP contribution in [0.2, 0.25) is 0 Å². The third-order valence-corrected chi connectivity index (χ3v) is 3.69. The fourth-order valence-corrected chi connectivity index (χ4v) is 1.85. The summed E-state index contributed by atoms with van der Waals surface area (Å²) >= 11 is 7.80. The average Bonchev–Trinajstić information content (AvgIpc) is 2.50. The van der Waals surface area contributed by atoms with Gasteiger partial charge in [-0.25, -0.2) is 4.79 Å². The van der Waals surface area contributed by atoms with Gasteiger partial charge in [-0.05, 0) is 19.3 Å². The Labute approximate surface area is 140 Å². The molecule has 0 aromatic carbocycles. The monoisotopic (exact) mass is 352 g/mol. The first-order chi connectivity index (χ1) is 10.3. The molecule has 0 spiro atoms. The number of hydrogen-bond donors (Lipinski definition) is 7. The molecule has 0 saturated carbocycles. The Hall–Kier alpha value is -0.970. The van der Waals surface area contributed by atoms with E-state index in [0.29, 0.717) is 19.4 Å². The number of unbranched alkanes of at least 4 members (excludes halogenated alkanes) is 1. The molecule has 0 aliphatic carbocycles. The van der Waals surface area contributed by atoms with Gasteiger partial charge >= 0.3 is 5.97 Å². The number of carbonyl (C=O) groups is 3. The van der Waals surface area contributed by atoms with Crippen LogP contribution in [-0.4, -0.2) is 59.1 Å². The molecule has 3 atom stereocenters. The predicted molar refractivity (Wildman–Crippen MR) is 90.1 cm³/mol. The summed E-state index contributed by atoms with van der Waals surface area (Å²) in [6.45, 7) is 0.386. The minimum Gasteiger partial charge on any atom is -0.480 e. The number of nitrogens with two attached hydrogens (primary N) is 2. The first-order valence-electron chi connectivity index (χ1n) is 6.87. The molecule has 0 heterocycles. The SMILES string of the molecule is NC(CS)C(=O)NCCCCC(NC(=O)C(N)CS)C(=O)O. The first-order valence-corrected chi connectivity index (χ1v) is 8.13. The highest BCUT2D eigenvalue weighted by Gasteiger charge is 2.22. The van der Waals surface area contributed by atoms with E-state index in [1.54, 1.807) is 0 Å². The minimum atomic E-state index is -1.12. The summed E-state index contributed by atoms with van der Waals surface area (Å²) in [5.41, 5.74) is 11.0. The zero-order chi connectivity index (χ0) is 17.1. The van der Waals surface area contributed by atoms with Crippen LogP contribution >= 0.6 is 25.3 Å². The molecule has 0 radical (unpaired) electrons. The summed E-state index contributed by atoms with van der Waals surface area (Å²) in [5.74, 6) is -1.57. The molecule has 3 unspecified atom stereocenters.